The van der Waals surface area contributed by atoms with E-state index in [1.807, 2.05) is 0 Å². The Hall–Kier alpha value is -0.580. The molecule has 5 nitrogen and oxygen atoms in total. The molecule has 1 atom stereocenters. The predicted molar refractivity (Wildman–Crippen MR) is 87.1 cm³/mol. The highest BCUT2D eigenvalue weighted by Crippen LogP contribution is 2.48. The summed E-state index contributed by atoms with van der Waals surface area (Å²) in [5, 5.41) is 0.394. The molecule has 0 amide bonds. The van der Waals surface area contributed by atoms with Gasteiger partial charge < -0.3 is 13.8 Å². The van der Waals surface area contributed by atoms with Crippen LogP contribution >= 0.6 is 30.8 Å². The molecule has 1 unspecified atom stereocenters. The van der Waals surface area contributed by atoms with Crippen molar-refractivity contribution in [3.8, 4) is 0 Å². The Morgan fingerprint density at radius 2 is 1.68 bits per heavy atom. The molecular formula is C14H19Cl2O5P. The van der Waals surface area contributed by atoms with Crippen LogP contribution in [0.5, 0.6) is 0 Å². The maximum Gasteiger partial charge on any atom is 0.341 e. The lowest BCUT2D eigenvalue weighted by Gasteiger charge is -2.21. The Morgan fingerprint density at radius 3 is 2.14 bits per heavy atom. The first-order valence-corrected chi connectivity index (χ1v) is 9.34. The van der Waals surface area contributed by atoms with Gasteiger partial charge in [0.1, 0.15) is 6.10 Å². The van der Waals surface area contributed by atoms with Crippen molar-refractivity contribution in [3.05, 3.63) is 33.8 Å². The van der Waals surface area contributed by atoms with E-state index in [4.69, 9.17) is 37.0 Å². The van der Waals surface area contributed by atoms with Crippen LogP contribution in [-0.2, 0) is 18.3 Å². The lowest BCUT2D eigenvalue weighted by atomic mass is 10.2. The summed E-state index contributed by atoms with van der Waals surface area (Å²) in [6.07, 6.45) is -0.716. The fourth-order valence-electron chi connectivity index (χ4n) is 1.82. The molecule has 0 spiro atoms. The van der Waals surface area contributed by atoms with Crippen LogP contribution in [0.3, 0.4) is 0 Å². The first-order valence-electron chi connectivity index (χ1n) is 6.86. The molecule has 0 saturated carbocycles. The van der Waals surface area contributed by atoms with E-state index in [0.29, 0.717) is 0 Å². The molecule has 124 valence electrons. The highest BCUT2D eigenvalue weighted by atomic mass is 35.5. The van der Waals surface area contributed by atoms with E-state index in [-0.39, 0.29) is 35.0 Å². The normalized spacial score (nSPS) is 13.0. The molecule has 0 aliphatic rings. The number of benzene rings is 1. The Morgan fingerprint density at radius 1 is 1.18 bits per heavy atom. The molecule has 0 aliphatic heterocycles. The number of hydrogen-bond donors (Lipinski definition) is 0. The zero-order valence-corrected chi connectivity index (χ0v) is 15.1. The molecule has 1 aromatic rings. The summed E-state index contributed by atoms with van der Waals surface area (Å²) < 4.78 is 28.0. The maximum absolute atomic E-state index is 12.4. The number of halogens is 2. The number of hydrogen-bond acceptors (Lipinski definition) is 5. The van der Waals surface area contributed by atoms with Gasteiger partial charge in [-0.15, -0.1) is 0 Å². The van der Waals surface area contributed by atoms with Crippen LogP contribution in [0.1, 0.15) is 31.1 Å². The lowest BCUT2D eigenvalue weighted by Crippen LogP contribution is -2.20. The second-order valence-corrected chi connectivity index (χ2v) is 7.36. The van der Waals surface area contributed by atoms with Gasteiger partial charge in [-0.05, 0) is 32.9 Å². The molecular weight excluding hydrogens is 350 g/mol. The second kappa shape index (κ2) is 8.90. The van der Waals surface area contributed by atoms with Gasteiger partial charge in [-0.25, -0.2) is 4.79 Å². The average molecular weight is 369 g/mol. The van der Waals surface area contributed by atoms with E-state index in [1.54, 1.807) is 39.0 Å². The lowest BCUT2D eigenvalue weighted by molar-refractivity contribution is 0.0371. The van der Waals surface area contributed by atoms with E-state index < -0.39 is 19.7 Å². The number of carbonyl (C=O) groups excluding carboxylic acids is 1. The minimum Gasteiger partial charge on any atom is -0.458 e. The van der Waals surface area contributed by atoms with Gasteiger partial charge in [0, 0.05) is 0 Å². The highest BCUT2D eigenvalue weighted by Gasteiger charge is 2.29. The quantitative estimate of drug-likeness (QED) is 0.486. The highest BCUT2D eigenvalue weighted by molar-refractivity contribution is 7.53. The van der Waals surface area contributed by atoms with Crippen molar-refractivity contribution in [2.24, 2.45) is 0 Å². The summed E-state index contributed by atoms with van der Waals surface area (Å²) in [5.41, 5.74) is 0.0836. The number of ether oxygens (including phenoxy) is 1. The van der Waals surface area contributed by atoms with Gasteiger partial charge in [-0.3, -0.25) is 4.57 Å². The minimum atomic E-state index is -3.29. The molecule has 0 aromatic heterocycles. The van der Waals surface area contributed by atoms with Crippen LogP contribution in [0, 0.1) is 0 Å². The average Bonchev–Trinajstić information content (AvgIpc) is 2.38. The third kappa shape index (κ3) is 5.56. The summed E-state index contributed by atoms with van der Waals surface area (Å²) in [5.74, 6) is -0.678. The summed E-state index contributed by atoms with van der Waals surface area (Å²) >= 11 is 11.9. The minimum absolute atomic E-state index is 0.0392. The van der Waals surface area contributed by atoms with E-state index in [2.05, 4.69) is 0 Å². The molecule has 0 N–H and O–H groups in total. The third-order valence-electron chi connectivity index (χ3n) is 2.61. The molecule has 0 bridgehead atoms. The topological polar surface area (TPSA) is 61.8 Å². The van der Waals surface area contributed by atoms with Gasteiger partial charge in [-0.2, -0.15) is 0 Å². The van der Waals surface area contributed by atoms with E-state index in [1.165, 1.54) is 0 Å². The van der Waals surface area contributed by atoms with Crippen LogP contribution in [0.25, 0.3) is 0 Å². The summed E-state index contributed by atoms with van der Waals surface area (Å²) in [6, 6.07) is 4.71. The second-order valence-electron chi connectivity index (χ2n) is 4.44. The molecule has 22 heavy (non-hydrogen) atoms. The summed E-state index contributed by atoms with van der Waals surface area (Å²) in [4.78, 5) is 12.1. The zero-order valence-electron chi connectivity index (χ0n) is 12.7. The van der Waals surface area contributed by atoms with Crippen molar-refractivity contribution < 1.29 is 23.1 Å². The van der Waals surface area contributed by atoms with Crippen molar-refractivity contribution in [2.75, 3.05) is 19.4 Å². The van der Waals surface area contributed by atoms with Gasteiger partial charge in [0.25, 0.3) is 0 Å². The molecule has 0 fully saturated rings. The van der Waals surface area contributed by atoms with Crippen LogP contribution in [0.4, 0.5) is 0 Å². The first-order chi connectivity index (χ1) is 10.3. The molecule has 1 aromatic carbocycles. The number of rotatable bonds is 8. The summed E-state index contributed by atoms with van der Waals surface area (Å²) in [6.45, 7) is 5.52. The van der Waals surface area contributed by atoms with Gasteiger partial charge >= 0.3 is 13.6 Å². The Labute approximate surface area is 140 Å². The van der Waals surface area contributed by atoms with Gasteiger partial charge in [0.15, 0.2) is 0 Å². The van der Waals surface area contributed by atoms with Crippen molar-refractivity contribution >= 4 is 36.8 Å². The number of carbonyl (C=O) groups is 1. The molecule has 0 aliphatic carbocycles. The standard InChI is InChI=1S/C14H19Cl2O5P/c1-4-19-22(18,20-5-2)9-10(3)21-14(17)13-11(15)7-6-8-12(13)16/h6-8,10H,4-5,9H2,1-3H3. The molecule has 0 saturated heterocycles. The largest absolute Gasteiger partial charge is 0.458 e. The van der Waals surface area contributed by atoms with E-state index in [9.17, 15) is 9.36 Å². The zero-order chi connectivity index (χ0) is 16.8. The summed E-state index contributed by atoms with van der Waals surface area (Å²) in [7, 11) is -3.29. The maximum atomic E-state index is 12.4. The van der Waals surface area contributed by atoms with Crippen molar-refractivity contribution in [1.29, 1.82) is 0 Å². The molecule has 1 rings (SSSR count). The van der Waals surface area contributed by atoms with Crippen molar-refractivity contribution in [3.63, 3.8) is 0 Å². The molecule has 0 radical (unpaired) electrons. The predicted octanol–water partition coefficient (Wildman–Crippen LogP) is 4.80. The first kappa shape index (κ1) is 19.5. The van der Waals surface area contributed by atoms with Crippen LogP contribution in [-0.4, -0.2) is 31.4 Å². The van der Waals surface area contributed by atoms with Gasteiger partial charge in [-0.1, -0.05) is 29.3 Å². The smallest absolute Gasteiger partial charge is 0.341 e. The number of esters is 1. The fourth-order valence-corrected chi connectivity index (χ4v) is 4.15. The molecule has 0 heterocycles. The SMILES string of the molecule is CCOP(=O)(CC(C)OC(=O)c1c(Cl)cccc1Cl)OCC. The Balaban J connectivity index is 2.77. The van der Waals surface area contributed by atoms with Crippen molar-refractivity contribution in [1.82, 2.24) is 0 Å². The fraction of sp³-hybridized carbons (Fsp3) is 0.500. The monoisotopic (exact) mass is 368 g/mol. The van der Waals surface area contributed by atoms with Crippen molar-refractivity contribution in [2.45, 2.75) is 26.9 Å². The van der Waals surface area contributed by atoms with E-state index in [0.717, 1.165) is 0 Å². The van der Waals surface area contributed by atoms with Gasteiger partial charge in [0.2, 0.25) is 0 Å². The Kier molecular flexibility index (Phi) is 7.87. The van der Waals surface area contributed by atoms with Gasteiger partial charge in [0.05, 0.1) is 35.0 Å². The third-order valence-corrected chi connectivity index (χ3v) is 5.50. The van der Waals surface area contributed by atoms with Crippen LogP contribution < -0.4 is 0 Å². The van der Waals surface area contributed by atoms with Crippen LogP contribution in [0.15, 0.2) is 18.2 Å². The van der Waals surface area contributed by atoms with E-state index >= 15 is 0 Å². The Bertz CT molecular complexity index is 534. The molecule has 8 heteroatoms. The van der Waals surface area contributed by atoms with Crippen LogP contribution in [0.2, 0.25) is 10.0 Å².